The molecule has 0 bridgehead atoms. The molecular weight excluding hydrogens is 595 g/mol. The van der Waals surface area contributed by atoms with Gasteiger partial charge in [-0.05, 0) is 48.6 Å². The Hall–Kier alpha value is -3.38. The van der Waals surface area contributed by atoms with E-state index in [4.69, 9.17) is 15.6 Å². The van der Waals surface area contributed by atoms with Crippen molar-refractivity contribution in [3.8, 4) is 0 Å². The van der Waals surface area contributed by atoms with E-state index in [9.17, 15) is 18.8 Å². The van der Waals surface area contributed by atoms with Gasteiger partial charge in [0.05, 0.1) is 24.8 Å². The highest BCUT2D eigenvalue weighted by molar-refractivity contribution is 7.10. The molecule has 2 aliphatic rings. The lowest BCUT2D eigenvalue weighted by molar-refractivity contribution is -0.135. The van der Waals surface area contributed by atoms with E-state index in [1.54, 1.807) is 5.38 Å². The Morgan fingerprint density at radius 3 is 2.40 bits per heavy atom. The zero-order valence-electron chi connectivity index (χ0n) is 24.0. The molecular formula is C31H38ClFN4O5S. The molecule has 9 nitrogen and oxygen atoms in total. The molecule has 2 amide bonds. The zero-order valence-corrected chi connectivity index (χ0v) is 25.6. The number of carbonyl (C=O) groups excluding carboxylic acids is 2. The number of carbonyl (C=O) groups is 3. The van der Waals surface area contributed by atoms with Crippen molar-refractivity contribution in [3.63, 3.8) is 0 Å². The van der Waals surface area contributed by atoms with Crippen LogP contribution in [0.4, 0.5) is 9.18 Å². The maximum Gasteiger partial charge on any atom is 0.404 e. The monoisotopic (exact) mass is 632 g/mol. The number of nitrogens with zero attached hydrogens (tertiary/aromatic N) is 2. The fourth-order valence-corrected chi connectivity index (χ4v) is 6.29. The number of aromatic nitrogens is 1. The standard InChI is InChI=1S/C29H32FN3O3S.C2H5NO2.ClH/c30-22-13-11-21(12-14-22)27(34)24-18-37-28(32-24)25-15-23(36-17-19-7-3-1-4-8-19)16-33(25)29(35)26(31)20-9-5-2-6-10-20;1-3-2(4)5;/h1,3-4,7-8,11-14,18,20,23,25-26H,2,5-6,9-10,15-17,31H2;3H,1H3,(H,4,5);1H/t23-,25-,26-;;/m0../s1. The first-order valence-corrected chi connectivity index (χ1v) is 15.0. The third-order valence-electron chi connectivity index (χ3n) is 7.68. The molecule has 3 aromatic rings. The molecule has 4 N–H and O–H groups in total. The second-order valence-corrected chi connectivity index (χ2v) is 11.4. The first kappa shape index (κ1) is 34.1. The van der Waals surface area contributed by atoms with Crippen molar-refractivity contribution in [1.29, 1.82) is 0 Å². The van der Waals surface area contributed by atoms with Crippen molar-refractivity contribution < 1.29 is 28.6 Å². The van der Waals surface area contributed by atoms with E-state index >= 15 is 0 Å². The van der Waals surface area contributed by atoms with Crippen LogP contribution in [0.5, 0.6) is 0 Å². The van der Waals surface area contributed by atoms with Crippen molar-refractivity contribution in [2.24, 2.45) is 11.7 Å². The predicted octanol–water partition coefficient (Wildman–Crippen LogP) is 5.59. The largest absolute Gasteiger partial charge is 0.465 e. The highest BCUT2D eigenvalue weighted by Gasteiger charge is 2.41. The number of nitrogens with two attached hydrogens (primary N) is 1. The molecule has 2 aromatic carbocycles. The van der Waals surface area contributed by atoms with Crippen molar-refractivity contribution in [3.05, 3.63) is 87.6 Å². The molecule has 1 aromatic heterocycles. The van der Waals surface area contributed by atoms with Crippen molar-refractivity contribution in [2.45, 2.75) is 63.3 Å². The number of halogens is 2. The van der Waals surface area contributed by atoms with Gasteiger partial charge in [0, 0.05) is 31.0 Å². The van der Waals surface area contributed by atoms with Crippen LogP contribution in [0.2, 0.25) is 0 Å². The van der Waals surface area contributed by atoms with Crippen molar-refractivity contribution in [2.75, 3.05) is 13.6 Å². The molecule has 2 heterocycles. The second-order valence-electron chi connectivity index (χ2n) is 10.5. The van der Waals surface area contributed by atoms with Gasteiger partial charge in [0.15, 0.2) is 0 Å². The summed E-state index contributed by atoms with van der Waals surface area (Å²) in [7, 11) is 1.35. The van der Waals surface area contributed by atoms with Gasteiger partial charge in [-0.25, -0.2) is 14.2 Å². The number of benzene rings is 2. The molecule has 0 radical (unpaired) electrons. The normalized spacial score (nSPS) is 19.0. The van der Waals surface area contributed by atoms with E-state index in [-0.39, 0.29) is 42.2 Å². The van der Waals surface area contributed by atoms with Gasteiger partial charge in [0.1, 0.15) is 16.5 Å². The number of thiazole rings is 1. The number of hydrogen-bond donors (Lipinski definition) is 3. The fraction of sp³-hybridized carbons (Fsp3) is 0.419. The van der Waals surface area contributed by atoms with Gasteiger partial charge >= 0.3 is 6.09 Å². The third kappa shape index (κ3) is 9.30. The van der Waals surface area contributed by atoms with Gasteiger partial charge in [-0.1, -0.05) is 49.6 Å². The minimum absolute atomic E-state index is 0. The lowest BCUT2D eigenvalue weighted by Gasteiger charge is -2.32. The summed E-state index contributed by atoms with van der Waals surface area (Å²) in [5.74, 6) is -0.539. The number of ether oxygens (including phenoxy) is 1. The average molecular weight is 633 g/mol. The van der Waals surface area contributed by atoms with Crippen LogP contribution in [0, 0.1) is 11.7 Å². The Bertz CT molecular complexity index is 1340. The molecule has 0 unspecified atom stereocenters. The molecule has 12 heteroatoms. The molecule has 1 aliphatic heterocycles. The van der Waals surface area contributed by atoms with Crippen LogP contribution in [-0.4, -0.2) is 58.5 Å². The quantitative estimate of drug-likeness (QED) is 0.276. The summed E-state index contributed by atoms with van der Waals surface area (Å²) in [5.41, 5.74) is 8.28. The highest BCUT2D eigenvalue weighted by Crippen LogP contribution is 2.37. The zero-order chi connectivity index (χ0) is 30.1. The Kier molecular flexibility index (Phi) is 13.1. The first-order chi connectivity index (χ1) is 20.3. The molecule has 232 valence electrons. The number of nitrogens with one attached hydrogen (secondary N) is 1. The second kappa shape index (κ2) is 16.5. The number of carboxylic acid groups (broad SMARTS) is 1. The van der Waals surface area contributed by atoms with Crippen LogP contribution >= 0.6 is 23.7 Å². The van der Waals surface area contributed by atoms with Gasteiger partial charge < -0.3 is 25.8 Å². The van der Waals surface area contributed by atoms with Crippen LogP contribution < -0.4 is 11.1 Å². The van der Waals surface area contributed by atoms with Crippen LogP contribution in [0.25, 0.3) is 0 Å². The minimum atomic E-state index is -0.995. The van der Waals surface area contributed by atoms with Gasteiger partial charge in [0.2, 0.25) is 11.7 Å². The van der Waals surface area contributed by atoms with Gasteiger partial charge in [0.25, 0.3) is 0 Å². The third-order valence-corrected chi connectivity index (χ3v) is 8.62. The van der Waals surface area contributed by atoms with E-state index in [0.29, 0.717) is 35.8 Å². The summed E-state index contributed by atoms with van der Waals surface area (Å²) in [6, 6.07) is 14.5. The molecule has 2 fully saturated rings. The van der Waals surface area contributed by atoms with Gasteiger partial charge in [-0.2, -0.15) is 0 Å². The number of hydrogen-bond acceptors (Lipinski definition) is 7. The predicted molar refractivity (Wildman–Crippen MR) is 165 cm³/mol. The molecule has 5 rings (SSSR count). The van der Waals surface area contributed by atoms with Crippen LogP contribution in [-0.2, 0) is 16.1 Å². The summed E-state index contributed by atoms with van der Waals surface area (Å²) in [5, 5.41) is 12.0. The Labute approximate surface area is 261 Å². The maximum absolute atomic E-state index is 13.7. The summed E-state index contributed by atoms with van der Waals surface area (Å²) < 4.78 is 19.5. The molecule has 1 saturated heterocycles. The van der Waals surface area contributed by atoms with Gasteiger partial charge in [-0.15, -0.1) is 23.7 Å². The summed E-state index contributed by atoms with van der Waals surface area (Å²) >= 11 is 1.36. The molecule has 43 heavy (non-hydrogen) atoms. The highest BCUT2D eigenvalue weighted by atomic mass is 35.5. The van der Waals surface area contributed by atoms with E-state index in [1.165, 1.54) is 49.1 Å². The number of amides is 2. The van der Waals surface area contributed by atoms with E-state index in [1.807, 2.05) is 40.5 Å². The Balaban J connectivity index is 0.000000781. The maximum atomic E-state index is 13.7. The lowest BCUT2D eigenvalue weighted by atomic mass is 9.83. The van der Waals surface area contributed by atoms with Crippen LogP contribution in [0.1, 0.15) is 71.2 Å². The van der Waals surface area contributed by atoms with E-state index in [2.05, 4.69) is 4.98 Å². The molecule has 1 saturated carbocycles. The number of ketones is 1. The summed E-state index contributed by atoms with van der Waals surface area (Å²) in [4.78, 5) is 42.3. The molecule has 0 spiro atoms. The lowest BCUT2D eigenvalue weighted by Crippen LogP contribution is -2.48. The minimum Gasteiger partial charge on any atom is -0.465 e. The summed E-state index contributed by atoms with van der Waals surface area (Å²) in [6.07, 6.45) is 4.81. The smallest absolute Gasteiger partial charge is 0.404 e. The SMILES string of the molecule is CNC(=O)O.Cl.N[C@H](C(=O)N1C[C@@H](OCc2ccccc2)C[C@H]1c1nc(C(=O)c2ccc(F)cc2)cs1)C1CCCCC1. The van der Waals surface area contributed by atoms with Gasteiger partial charge in [-0.3, -0.25) is 9.59 Å². The van der Waals surface area contributed by atoms with Crippen LogP contribution in [0.15, 0.2) is 60.0 Å². The summed E-state index contributed by atoms with van der Waals surface area (Å²) in [6.45, 7) is 0.901. The van der Waals surface area contributed by atoms with E-state index in [0.717, 1.165) is 31.2 Å². The topological polar surface area (TPSA) is 135 Å². The fourth-order valence-electron chi connectivity index (χ4n) is 5.36. The Morgan fingerprint density at radius 1 is 1.12 bits per heavy atom. The number of rotatable bonds is 8. The molecule has 3 atom stereocenters. The van der Waals surface area contributed by atoms with Crippen molar-refractivity contribution >= 4 is 41.5 Å². The van der Waals surface area contributed by atoms with Crippen LogP contribution in [0.3, 0.4) is 0 Å². The number of likely N-dealkylation sites (tertiary alicyclic amines) is 1. The first-order valence-electron chi connectivity index (χ1n) is 14.1. The molecule has 1 aliphatic carbocycles. The van der Waals surface area contributed by atoms with Crippen molar-refractivity contribution in [1.82, 2.24) is 15.2 Å². The van der Waals surface area contributed by atoms with E-state index < -0.39 is 18.0 Å². The Morgan fingerprint density at radius 2 is 1.77 bits per heavy atom. The average Bonchev–Trinajstić information content (AvgIpc) is 3.68.